The highest BCUT2D eigenvalue weighted by Crippen LogP contribution is 2.17. The largest absolute Gasteiger partial charge is 0.516 e. The molecule has 0 aliphatic heterocycles. The van der Waals surface area contributed by atoms with Crippen molar-refractivity contribution in [2.75, 3.05) is 6.26 Å². The number of ether oxygens (including phenoxy) is 3. The summed E-state index contributed by atoms with van der Waals surface area (Å²) in [6.45, 7) is 6.91. The van der Waals surface area contributed by atoms with Crippen molar-refractivity contribution >= 4 is 22.9 Å². The molecule has 0 saturated heterocycles. The Kier molecular flexibility index (Phi) is 7.22. The van der Waals surface area contributed by atoms with Gasteiger partial charge in [0.15, 0.2) is 0 Å². The monoisotopic (exact) mass is 342 g/mol. The van der Waals surface area contributed by atoms with Crippen LogP contribution in [0.1, 0.15) is 27.7 Å². The van der Waals surface area contributed by atoms with E-state index in [1.165, 1.54) is 12.1 Å². The molecule has 1 rings (SSSR count). The van der Waals surface area contributed by atoms with Crippen molar-refractivity contribution in [2.24, 2.45) is 11.8 Å². The zero-order valence-electron chi connectivity index (χ0n) is 13.9. The van der Waals surface area contributed by atoms with Gasteiger partial charge in [-0.1, -0.05) is 27.7 Å². The zero-order chi connectivity index (χ0) is 17.6. The molecular formula is C16H22O6S. The molecule has 1 unspecified atom stereocenters. The maximum absolute atomic E-state index is 11.8. The Bertz CT molecular complexity index is 564. The fraction of sp³-hybridized carbons (Fsp3) is 0.500. The van der Waals surface area contributed by atoms with Crippen LogP contribution in [0.25, 0.3) is 0 Å². The summed E-state index contributed by atoms with van der Waals surface area (Å²) in [6, 6.07) is 6.22. The molecule has 0 saturated carbocycles. The van der Waals surface area contributed by atoms with E-state index in [-0.39, 0.29) is 17.6 Å². The molecule has 6 nitrogen and oxygen atoms in total. The van der Waals surface area contributed by atoms with Crippen LogP contribution in [0.5, 0.6) is 5.75 Å². The van der Waals surface area contributed by atoms with Crippen LogP contribution in [0.4, 0.5) is 4.79 Å². The van der Waals surface area contributed by atoms with Crippen molar-refractivity contribution in [2.45, 2.75) is 38.9 Å². The van der Waals surface area contributed by atoms with E-state index in [0.717, 1.165) is 0 Å². The van der Waals surface area contributed by atoms with Crippen LogP contribution in [0, 0.1) is 11.8 Å². The SMILES string of the molecule is CC(C)C(=O)O[C@@H](OC(=O)Oc1ccc(S(C)=O)cc1)C(C)C. The van der Waals surface area contributed by atoms with Gasteiger partial charge in [-0.2, -0.15) is 0 Å². The average molecular weight is 342 g/mol. The first kappa shape index (κ1) is 19.2. The van der Waals surface area contributed by atoms with E-state index in [0.29, 0.717) is 4.90 Å². The molecule has 0 heterocycles. The smallest absolute Gasteiger partial charge is 0.425 e. The summed E-state index contributed by atoms with van der Waals surface area (Å²) in [5, 5.41) is 0. The van der Waals surface area contributed by atoms with Gasteiger partial charge in [0.1, 0.15) is 5.75 Å². The minimum absolute atomic E-state index is 0.213. The normalized spacial score (nSPS) is 13.5. The van der Waals surface area contributed by atoms with Crippen LogP contribution in [0.3, 0.4) is 0 Å². The van der Waals surface area contributed by atoms with Crippen LogP contribution in [0.15, 0.2) is 29.2 Å². The molecule has 0 N–H and O–H groups in total. The zero-order valence-corrected chi connectivity index (χ0v) is 14.7. The number of carbonyl (C=O) groups excluding carboxylic acids is 2. The van der Waals surface area contributed by atoms with Crippen LogP contribution >= 0.6 is 0 Å². The Morgan fingerprint density at radius 2 is 1.57 bits per heavy atom. The average Bonchev–Trinajstić information content (AvgIpc) is 2.46. The first-order chi connectivity index (χ1) is 10.7. The van der Waals surface area contributed by atoms with Gasteiger partial charge in [0.2, 0.25) is 0 Å². The van der Waals surface area contributed by atoms with Crippen LogP contribution in [-0.2, 0) is 25.1 Å². The van der Waals surface area contributed by atoms with Gasteiger partial charge in [0.25, 0.3) is 6.29 Å². The third-order valence-electron chi connectivity index (χ3n) is 2.82. The Balaban J connectivity index is 2.65. The molecule has 2 atom stereocenters. The standard InChI is InChI=1S/C16H22O6S/c1-10(2)14(17)21-15(11(3)4)22-16(18)20-12-6-8-13(9-7-12)23(5)19/h6-11,15H,1-5H3/t15-,23?/m0/s1. The highest BCUT2D eigenvalue weighted by atomic mass is 32.2. The minimum Gasteiger partial charge on any atom is -0.425 e. The predicted molar refractivity (Wildman–Crippen MR) is 85.4 cm³/mol. The van der Waals surface area contributed by atoms with E-state index < -0.39 is 29.2 Å². The fourth-order valence-corrected chi connectivity index (χ4v) is 1.98. The molecule has 0 aromatic heterocycles. The van der Waals surface area contributed by atoms with Crippen molar-refractivity contribution < 1.29 is 28.0 Å². The molecule has 0 fully saturated rings. The van der Waals surface area contributed by atoms with Crippen molar-refractivity contribution in [3.8, 4) is 5.75 Å². The second-order valence-corrected chi connectivity index (χ2v) is 6.98. The van der Waals surface area contributed by atoms with Gasteiger partial charge in [-0.25, -0.2) is 4.79 Å². The number of hydrogen-bond donors (Lipinski definition) is 0. The maximum atomic E-state index is 11.8. The number of hydrogen-bond acceptors (Lipinski definition) is 6. The molecular weight excluding hydrogens is 320 g/mol. The summed E-state index contributed by atoms with van der Waals surface area (Å²) in [5.74, 6) is -0.735. The Labute approximate surface area is 138 Å². The summed E-state index contributed by atoms with van der Waals surface area (Å²) in [6.07, 6.45) is -0.425. The number of benzene rings is 1. The van der Waals surface area contributed by atoms with Gasteiger partial charge in [-0.15, -0.1) is 0 Å². The minimum atomic E-state index is -1.11. The lowest BCUT2D eigenvalue weighted by atomic mass is 10.2. The molecule has 23 heavy (non-hydrogen) atoms. The fourth-order valence-electron chi connectivity index (χ4n) is 1.46. The lowest BCUT2D eigenvalue weighted by molar-refractivity contribution is -0.180. The molecule has 0 bridgehead atoms. The summed E-state index contributed by atoms with van der Waals surface area (Å²) in [7, 11) is -1.11. The van der Waals surface area contributed by atoms with E-state index in [4.69, 9.17) is 14.2 Å². The Morgan fingerprint density at radius 1 is 1.00 bits per heavy atom. The predicted octanol–water partition coefficient (Wildman–Crippen LogP) is 3.12. The van der Waals surface area contributed by atoms with E-state index in [1.54, 1.807) is 46.1 Å². The van der Waals surface area contributed by atoms with E-state index >= 15 is 0 Å². The molecule has 0 aliphatic rings. The number of esters is 1. The van der Waals surface area contributed by atoms with Crippen molar-refractivity contribution in [1.82, 2.24) is 0 Å². The third kappa shape index (κ3) is 6.40. The first-order valence-electron chi connectivity index (χ1n) is 7.23. The summed E-state index contributed by atoms with van der Waals surface area (Å²) in [5.41, 5.74) is 0. The summed E-state index contributed by atoms with van der Waals surface area (Å²) < 4.78 is 26.5. The maximum Gasteiger partial charge on any atom is 0.516 e. The van der Waals surface area contributed by atoms with Gasteiger partial charge in [0.05, 0.1) is 5.92 Å². The van der Waals surface area contributed by atoms with Crippen LogP contribution in [-0.4, -0.2) is 28.9 Å². The molecule has 0 amide bonds. The third-order valence-corrected chi connectivity index (χ3v) is 3.75. The molecule has 128 valence electrons. The lowest BCUT2D eigenvalue weighted by Gasteiger charge is -2.21. The molecule has 1 aromatic rings. The Morgan fingerprint density at radius 3 is 2.00 bits per heavy atom. The first-order valence-corrected chi connectivity index (χ1v) is 8.79. The van der Waals surface area contributed by atoms with Gasteiger partial charge in [-0.3, -0.25) is 9.00 Å². The van der Waals surface area contributed by atoms with Gasteiger partial charge < -0.3 is 14.2 Å². The molecule has 7 heteroatoms. The molecule has 0 aliphatic carbocycles. The van der Waals surface area contributed by atoms with E-state index in [1.807, 2.05) is 0 Å². The number of rotatable bonds is 6. The van der Waals surface area contributed by atoms with Crippen molar-refractivity contribution in [1.29, 1.82) is 0 Å². The molecule has 1 aromatic carbocycles. The summed E-state index contributed by atoms with van der Waals surface area (Å²) in [4.78, 5) is 24.0. The van der Waals surface area contributed by atoms with Gasteiger partial charge in [0, 0.05) is 27.9 Å². The van der Waals surface area contributed by atoms with Crippen LogP contribution in [0.2, 0.25) is 0 Å². The second kappa shape index (κ2) is 8.67. The number of carbonyl (C=O) groups is 2. The Hall–Kier alpha value is -1.89. The highest BCUT2D eigenvalue weighted by Gasteiger charge is 2.25. The quantitative estimate of drug-likeness (QED) is 0.449. The highest BCUT2D eigenvalue weighted by molar-refractivity contribution is 7.84. The van der Waals surface area contributed by atoms with E-state index in [2.05, 4.69) is 0 Å². The summed E-state index contributed by atoms with van der Waals surface area (Å²) >= 11 is 0. The van der Waals surface area contributed by atoms with Gasteiger partial charge >= 0.3 is 12.1 Å². The molecule has 0 spiro atoms. The van der Waals surface area contributed by atoms with Crippen molar-refractivity contribution in [3.63, 3.8) is 0 Å². The molecule has 0 radical (unpaired) electrons. The van der Waals surface area contributed by atoms with Crippen molar-refractivity contribution in [3.05, 3.63) is 24.3 Å². The lowest BCUT2D eigenvalue weighted by Crippen LogP contribution is -2.32. The van der Waals surface area contributed by atoms with Gasteiger partial charge in [-0.05, 0) is 24.3 Å². The topological polar surface area (TPSA) is 78.9 Å². The second-order valence-electron chi connectivity index (χ2n) is 5.60. The van der Waals surface area contributed by atoms with Crippen LogP contribution < -0.4 is 4.74 Å². The van der Waals surface area contributed by atoms with E-state index in [9.17, 15) is 13.8 Å².